The molecule has 4 rings (SSSR count). The summed E-state index contributed by atoms with van der Waals surface area (Å²) in [6, 6.07) is 20.1. The topological polar surface area (TPSA) is 61.4 Å². The predicted octanol–water partition coefficient (Wildman–Crippen LogP) is 3.80. The molecule has 6 nitrogen and oxygen atoms in total. The van der Waals surface area contributed by atoms with Gasteiger partial charge in [-0.05, 0) is 44.2 Å². The minimum atomic E-state index is -0.0461. The zero-order valence-electron chi connectivity index (χ0n) is 16.8. The number of amides is 1. The number of rotatable bonds is 4. The fourth-order valence-corrected chi connectivity index (χ4v) is 3.47. The zero-order chi connectivity index (χ0) is 20.2. The van der Waals surface area contributed by atoms with Crippen molar-refractivity contribution in [2.45, 2.75) is 13.8 Å². The van der Waals surface area contributed by atoms with Gasteiger partial charge in [0.1, 0.15) is 5.69 Å². The van der Waals surface area contributed by atoms with Crippen molar-refractivity contribution >= 4 is 23.2 Å². The van der Waals surface area contributed by atoms with Crippen LogP contribution >= 0.6 is 0 Å². The van der Waals surface area contributed by atoms with Gasteiger partial charge < -0.3 is 15.1 Å². The third-order valence-corrected chi connectivity index (χ3v) is 5.07. The van der Waals surface area contributed by atoms with Gasteiger partial charge in [-0.3, -0.25) is 4.79 Å². The maximum absolute atomic E-state index is 13.0. The quantitative estimate of drug-likeness (QED) is 0.738. The molecule has 0 spiro atoms. The van der Waals surface area contributed by atoms with Gasteiger partial charge in [0.2, 0.25) is 5.95 Å². The van der Waals surface area contributed by atoms with Gasteiger partial charge in [-0.2, -0.15) is 0 Å². The average molecular weight is 387 g/mol. The van der Waals surface area contributed by atoms with E-state index in [2.05, 4.69) is 32.3 Å². The molecule has 2 heterocycles. The van der Waals surface area contributed by atoms with Crippen molar-refractivity contribution < 1.29 is 4.79 Å². The van der Waals surface area contributed by atoms with E-state index in [9.17, 15) is 4.79 Å². The minimum absolute atomic E-state index is 0.0461. The number of para-hydroxylation sites is 1. The summed E-state index contributed by atoms with van der Waals surface area (Å²) in [5.41, 5.74) is 4.48. The number of carbonyl (C=O) groups excluding carboxylic acids is 1. The molecule has 1 aliphatic heterocycles. The molecule has 0 bridgehead atoms. The molecule has 0 saturated carbocycles. The van der Waals surface area contributed by atoms with E-state index in [0.29, 0.717) is 24.7 Å². The summed E-state index contributed by atoms with van der Waals surface area (Å²) in [5, 5.41) is 3.20. The van der Waals surface area contributed by atoms with E-state index in [-0.39, 0.29) is 5.91 Å². The predicted molar refractivity (Wildman–Crippen MR) is 116 cm³/mol. The van der Waals surface area contributed by atoms with Gasteiger partial charge in [-0.15, -0.1) is 0 Å². The molecular formula is C23H25N5O. The molecule has 0 radical (unpaired) electrons. The molecule has 0 aliphatic carbocycles. The number of nitrogens with zero attached hydrogens (tertiary/aromatic N) is 4. The van der Waals surface area contributed by atoms with Crippen molar-refractivity contribution in [1.82, 2.24) is 14.9 Å². The number of hydrogen-bond acceptors (Lipinski definition) is 5. The highest BCUT2D eigenvalue weighted by molar-refractivity contribution is 5.93. The first-order chi connectivity index (χ1) is 14.1. The maximum Gasteiger partial charge on any atom is 0.272 e. The van der Waals surface area contributed by atoms with Gasteiger partial charge in [0.15, 0.2) is 0 Å². The standard InChI is InChI=1S/C23H25N5O/c1-17-8-10-19(11-9-17)25-23-24-18(2)16-21(26-23)22(29)28-14-12-27(13-15-28)20-6-4-3-5-7-20/h3-11,16H,12-15H2,1-2H3,(H,24,25,26). The normalized spacial score (nSPS) is 14.0. The Kier molecular flexibility index (Phi) is 5.42. The van der Waals surface area contributed by atoms with Crippen LogP contribution in [0.15, 0.2) is 60.7 Å². The van der Waals surface area contributed by atoms with Crippen molar-refractivity contribution in [3.05, 3.63) is 77.6 Å². The molecule has 2 aromatic carbocycles. The zero-order valence-corrected chi connectivity index (χ0v) is 16.8. The van der Waals surface area contributed by atoms with Gasteiger partial charge in [0, 0.05) is 43.2 Å². The lowest BCUT2D eigenvalue weighted by molar-refractivity contribution is 0.0740. The molecule has 1 aliphatic rings. The Hall–Kier alpha value is -3.41. The summed E-state index contributed by atoms with van der Waals surface area (Å²) < 4.78 is 0. The van der Waals surface area contributed by atoms with Gasteiger partial charge in [-0.1, -0.05) is 35.9 Å². The maximum atomic E-state index is 13.0. The number of anilines is 3. The average Bonchev–Trinajstić information content (AvgIpc) is 2.75. The largest absolute Gasteiger partial charge is 0.368 e. The molecule has 1 amide bonds. The number of piperazine rings is 1. The second kappa shape index (κ2) is 8.31. The Morgan fingerprint density at radius 3 is 2.28 bits per heavy atom. The third-order valence-electron chi connectivity index (χ3n) is 5.07. The summed E-state index contributed by atoms with van der Waals surface area (Å²) >= 11 is 0. The van der Waals surface area contributed by atoms with E-state index in [0.717, 1.165) is 24.5 Å². The van der Waals surface area contributed by atoms with E-state index in [1.165, 1.54) is 11.3 Å². The summed E-state index contributed by atoms with van der Waals surface area (Å²) in [6.45, 7) is 6.91. The van der Waals surface area contributed by atoms with E-state index in [4.69, 9.17) is 0 Å². The molecule has 1 aromatic heterocycles. The Morgan fingerprint density at radius 2 is 1.59 bits per heavy atom. The van der Waals surface area contributed by atoms with Crippen LogP contribution in [0.2, 0.25) is 0 Å². The molecular weight excluding hydrogens is 362 g/mol. The lowest BCUT2D eigenvalue weighted by atomic mass is 10.2. The van der Waals surface area contributed by atoms with Crippen LogP contribution in [-0.2, 0) is 0 Å². The fourth-order valence-electron chi connectivity index (χ4n) is 3.47. The second-order valence-corrected chi connectivity index (χ2v) is 7.32. The number of hydrogen-bond donors (Lipinski definition) is 1. The molecule has 1 saturated heterocycles. The Bertz CT molecular complexity index is 980. The van der Waals surface area contributed by atoms with E-state index in [1.54, 1.807) is 6.07 Å². The molecule has 1 N–H and O–H groups in total. The van der Waals surface area contributed by atoms with Crippen molar-refractivity contribution in [1.29, 1.82) is 0 Å². The second-order valence-electron chi connectivity index (χ2n) is 7.32. The lowest BCUT2D eigenvalue weighted by Crippen LogP contribution is -2.49. The first-order valence-corrected chi connectivity index (χ1v) is 9.87. The van der Waals surface area contributed by atoms with Crippen LogP contribution in [0.3, 0.4) is 0 Å². The minimum Gasteiger partial charge on any atom is -0.368 e. The van der Waals surface area contributed by atoms with Crippen LogP contribution in [0.5, 0.6) is 0 Å². The fraction of sp³-hybridized carbons (Fsp3) is 0.261. The number of benzene rings is 2. The lowest BCUT2D eigenvalue weighted by Gasteiger charge is -2.36. The van der Waals surface area contributed by atoms with Crippen LogP contribution in [0, 0.1) is 13.8 Å². The van der Waals surface area contributed by atoms with Crippen LogP contribution < -0.4 is 10.2 Å². The highest BCUT2D eigenvalue weighted by Crippen LogP contribution is 2.18. The molecule has 1 fully saturated rings. The van der Waals surface area contributed by atoms with E-state index >= 15 is 0 Å². The van der Waals surface area contributed by atoms with Crippen LogP contribution in [0.1, 0.15) is 21.7 Å². The van der Waals surface area contributed by atoms with Crippen LogP contribution in [-0.4, -0.2) is 47.0 Å². The summed E-state index contributed by atoms with van der Waals surface area (Å²) in [5.74, 6) is 0.398. The number of nitrogens with one attached hydrogen (secondary N) is 1. The molecule has 148 valence electrons. The molecule has 3 aromatic rings. The van der Waals surface area contributed by atoms with E-state index < -0.39 is 0 Å². The molecule has 0 unspecified atom stereocenters. The first kappa shape index (κ1) is 18.9. The highest BCUT2D eigenvalue weighted by atomic mass is 16.2. The molecule has 0 atom stereocenters. The van der Waals surface area contributed by atoms with Crippen molar-refractivity contribution in [3.8, 4) is 0 Å². The highest BCUT2D eigenvalue weighted by Gasteiger charge is 2.23. The SMILES string of the molecule is Cc1ccc(Nc2nc(C)cc(C(=O)N3CCN(c4ccccc4)CC3)n2)cc1. The monoisotopic (exact) mass is 387 g/mol. The Morgan fingerprint density at radius 1 is 0.897 bits per heavy atom. The third kappa shape index (κ3) is 4.54. The van der Waals surface area contributed by atoms with Crippen molar-refractivity contribution in [2.24, 2.45) is 0 Å². The van der Waals surface area contributed by atoms with Crippen LogP contribution in [0.25, 0.3) is 0 Å². The van der Waals surface area contributed by atoms with Crippen molar-refractivity contribution in [2.75, 3.05) is 36.4 Å². The number of carbonyl (C=O) groups is 1. The Labute approximate surface area is 171 Å². The van der Waals surface area contributed by atoms with Crippen molar-refractivity contribution in [3.63, 3.8) is 0 Å². The Balaban J connectivity index is 1.45. The van der Waals surface area contributed by atoms with Gasteiger partial charge >= 0.3 is 0 Å². The number of aromatic nitrogens is 2. The first-order valence-electron chi connectivity index (χ1n) is 9.87. The molecule has 6 heteroatoms. The van der Waals surface area contributed by atoms with E-state index in [1.807, 2.05) is 61.2 Å². The van der Waals surface area contributed by atoms with Gasteiger partial charge in [0.25, 0.3) is 5.91 Å². The van der Waals surface area contributed by atoms with Gasteiger partial charge in [-0.25, -0.2) is 9.97 Å². The van der Waals surface area contributed by atoms with Gasteiger partial charge in [0.05, 0.1) is 0 Å². The number of aryl methyl sites for hydroxylation is 2. The smallest absolute Gasteiger partial charge is 0.272 e. The molecule has 29 heavy (non-hydrogen) atoms. The van der Waals surface area contributed by atoms with Crippen LogP contribution in [0.4, 0.5) is 17.3 Å². The summed E-state index contributed by atoms with van der Waals surface area (Å²) in [6.07, 6.45) is 0. The summed E-state index contributed by atoms with van der Waals surface area (Å²) in [7, 11) is 0. The summed E-state index contributed by atoms with van der Waals surface area (Å²) in [4.78, 5) is 26.1.